The van der Waals surface area contributed by atoms with Crippen LogP contribution in [0.3, 0.4) is 0 Å². The predicted molar refractivity (Wildman–Crippen MR) is 112 cm³/mol. The van der Waals surface area contributed by atoms with Crippen LogP contribution in [0.25, 0.3) is 0 Å². The maximum Gasteiger partial charge on any atom is 0.222 e. The van der Waals surface area contributed by atoms with E-state index < -0.39 is 0 Å². The van der Waals surface area contributed by atoms with E-state index in [4.69, 9.17) is 0 Å². The Morgan fingerprint density at radius 1 is 1.19 bits per heavy atom. The molecule has 3 fully saturated rings. The van der Waals surface area contributed by atoms with Gasteiger partial charge in [0, 0.05) is 55.8 Å². The number of nitrogens with zero attached hydrogens (tertiary/aromatic N) is 3. The van der Waals surface area contributed by atoms with E-state index in [0.29, 0.717) is 23.9 Å². The van der Waals surface area contributed by atoms with Crippen LogP contribution in [0.2, 0.25) is 0 Å². The van der Waals surface area contributed by atoms with Crippen molar-refractivity contribution in [1.29, 1.82) is 0 Å². The highest BCUT2D eigenvalue weighted by Gasteiger charge is 2.35. The van der Waals surface area contributed by atoms with Crippen molar-refractivity contribution in [2.24, 2.45) is 5.92 Å². The van der Waals surface area contributed by atoms with Crippen LogP contribution in [0.1, 0.15) is 43.9 Å². The van der Waals surface area contributed by atoms with Crippen LogP contribution < -0.4 is 10.2 Å². The molecule has 0 spiro atoms. The largest absolute Gasteiger partial charge is 0.345 e. The first-order valence-electron chi connectivity index (χ1n) is 9.44. The lowest BCUT2D eigenvalue weighted by Gasteiger charge is -2.36. The van der Waals surface area contributed by atoms with Gasteiger partial charge in [0.05, 0.1) is 0 Å². The number of anilines is 1. The summed E-state index contributed by atoms with van der Waals surface area (Å²) < 4.78 is 0. The number of rotatable bonds is 4. The molecule has 1 N–H and O–H groups in total. The highest BCUT2D eigenvalue weighted by Crippen LogP contribution is 2.33. The number of piperidine rings is 1. The van der Waals surface area contributed by atoms with Crippen LogP contribution >= 0.6 is 36.2 Å². The number of nitrogens with one attached hydrogen (secondary N) is 1. The number of thiazole rings is 1. The number of aromatic nitrogens is 1. The Morgan fingerprint density at radius 3 is 2.42 bits per heavy atom. The second-order valence-corrected chi connectivity index (χ2v) is 8.60. The number of amides is 1. The maximum atomic E-state index is 12.7. The number of fused-ring (bicyclic) bond motifs is 2. The van der Waals surface area contributed by atoms with Crippen molar-refractivity contribution in [3.05, 3.63) is 11.1 Å². The lowest BCUT2D eigenvalue weighted by atomic mass is 9.89. The number of hydrogen-bond acceptors (Lipinski definition) is 5. The number of aryl methyl sites for hydroxylation is 1. The highest BCUT2D eigenvalue weighted by atomic mass is 35.5. The molecule has 1 aromatic rings. The zero-order chi connectivity index (χ0) is 16.5. The van der Waals surface area contributed by atoms with Crippen LogP contribution in [0.5, 0.6) is 0 Å². The molecule has 148 valence electrons. The molecule has 0 radical (unpaired) electrons. The molecular weight excluding hydrogens is 391 g/mol. The summed E-state index contributed by atoms with van der Waals surface area (Å²) in [6, 6.07) is 1.35. The average Bonchev–Trinajstić information content (AvgIpc) is 3.21. The number of piperazine rings is 1. The minimum Gasteiger partial charge on any atom is -0.345 e. The molecule has 2 atom stereocenters. The summed E-state index contributed by atoms with van der Waals surface area (Å²) in [4.78, 5) is 22.9. The molecule has 2 bridgehead atoms. The maximum absolute atomic E-state index is 12.7. The fraction of sp³-hybridized carbons (Fsp3) is 0.778. The van der Waals surface area contributed by atoms with Gasteiger partial charge in [-0.2, -0.15) is 0 Å². The van der Waals surface area contributed by atoms with E-state index >= 15 is 0 Å². The van der Waals surface area contributed by atoms with Crippen molar-refractivity contribution in [3.8, 4) is 0 Å². The van der Waals surface area contributed by atoms with E-state index in [-0.39, 0.29) is 24.8 Å². The normalized spacial score (nSPS) is 27.7. The molecule has 3 aliphatic rings. The first-order chi connectivity index (χ1) is 11.7. The molecule has 2 unspecified atom stereocenters. The van der Waals surface area contributed by atoms with Gasteiger partial charge in [-0.1, -0.05) is 6.92 Å². The Bertz CT molecular complexity index is 580. The van der Waals surface area contributed by atoms with E-state index in [1.165, 1.54) is 30.6 Å². The zero-order valence-corrected chi connectivity index (χ0v) is 17.8. The van der Waals surface area contributed by atoms with Crippen LogP contribution in [0, 0.1) is 5.92 Å². The number of carbonyl (C=O) groups is 1. The second kappa shape index (κ2) is 9.58. The SMILES string of the molecule is CCc1cnc(N2CCN(C(=O)CC3CC4CCC(C3)N4)CC2)s1.Cl.Cl. The third-order valence-corrected chi connectivity index (χ3v) is 7.03. The van der Waals surface area contributed by atoms with E-state index in [2.05, 4.69) is 27.0 Å². The van der Waals surface area contributed by atoms with Crippen molar-refractivity contribution >= 4 is 47.2 Å². The fourth-order valence-electron chi connectivity index (χ4n) is 4.47. The van der Waals surface area contributed by atoms with E-state index in [9.17, 15) is 4.79 Å². The van der Waals surface area contributed by atoms with Gasteiger partial charge in [0.25, 0.3) is 0 Å². The van der Waals surface area contributed by atoms with Crippen molar-refractivity contribution in [1.82, 2.24) is 15.2 Å². The van der Waals surface area contributed by atoms with E-state index in [1.54, 1.807) is 11.3 Å². The number of hydrogen-bond donors (Lipinski definition) is 1. The Balaban J connectivity index is 0.00000121. The summed E-state index contributed by atoms with van der Waals surface area (Å²) in [6.07, 6.45) is 8.80. The first-order valence-corrected chi connectivity index (χ1v) is 10.3. The van der Waals surface area contributed by atoms with Crippen LogP contribution in [0.4, 0.5) is 5.13 Å². The Hall–Kier alpha value is -0.560. The minimum absolute atomic E-state index is 0. The van der Waals surface area contributed by atoms with Gasteiger partial charge < -0.3 is 15.1 Å². The first kappa shape index (κ1) is 21.7. The standard InChI is InChI=1S/C18H28N4OS.2ClH/c1-2-16-12-19-18(24-16)22-7-5-21(6-8-22)17(23)11-13-9-14-3-4-15(10-13)20-14;;/h12-15,20H,2-11H2,1H3;2*1H. The van der Waals surface area contributed by atoms with Gasteiger partial charge in [0.2, 0.25) is 5.91 Å². The summed E-state index contributed by atoms with van der Waals surface area (Å²) in [5.41, 5.74) is 0. The average molecular weight is 421 g/mol. The van der Waals surface area contributed by atoms with Gasteiger partial charge in [0.15, 0.2) is 5.13 Å². The molecule has 0 aliphatic carbocycles. The van der Waals surface area contributed by atoms with E-state index in [0.717, 1.165) is 44.2 Å². The molecule has 1 aromatic heterocycles. The Labute approximate surface area is 172 Å². The van der Waals surface area contributed by atoms with Crippen molar-refractivity contribution in [2.45, 2.75) is 57.5 Å². The lowest BCUT2D eigenvalue weighted by molar-refractivity contribution is -0.132. The summed E-state index contributed by atoms with van der Waals surface area (Å²) in [5, 5.41) is 4.79. The molecule has 4 rings (SSSR count). The molecule has 26 heavy (non-hydrogen) atoms. The van der Waals surface area contributed by atoms with Gasteiger partial charge in [0.1, 0.15) is 0 Å². The Morgan fingerprint density at radius 2 is 1.85 bits per heavy atom. The second-order valence-electron chi connectivity index (χ2n) is 7.51. The van der Waals surface area contributed by atoms with Crippen LogP contribution in [-0.2, 0) is 11.2 Å². The fourth-order valence-corrected chi connectivity index (χ4v) is 5.37. The molecule has 3 saturated heterocycles. The summed E-state index contributed by atoms with van der Waals surface area (Å²) in [6.45, 7) is 5.69. The quantitative estimate of drug-likeness (QED) is 0.812. The van der Waals surface area contributed by atoms with E-state index in [1.807, 2.05) is 6.20 Å². The molecule has 0 saturated carbocycles. The zero-order valence-electron chi connectivity index (χ0n) is 15.4. The summed E-state index contributed by atoms with van der Waals surface area (Å²) >= 11 is 1.79. The third-order valence-electron chi connectivity index (χ3n) is 5.83. The molecule has 0 aromatic carbocycles. The van der Waals surface area contributed by atoms with Crippen molar-refractivity contribution < 1.29 is 4.79 Å². The number of carbonyl (C=O) groups excluding carboxylic acids is 1. The lowest BCUT2D eigenvalue weighted by Crippen LogP contribution is -2.49. The van der Waals surface area contributed by atoms with Crippen molar-refractivity contribution in [2.75, 3.05) is 31.1 Å². The molecule has 5 nitrogen and oxygen atoms in total. The molecule has 3 aliphatic heterocycles. The van der Waals surface area contributed by atoms with Gasteiger partial charge in [-0.15, -0.1) is 36.2 Å². The molecule has 8 heteroatoms. The third kappa shape index (κ3) is 4.83. The predicted octanol–water partition coefficient (Wildman–Crippen LogP) is 3.12. The monoisotopic (exact) mass is 420 g/mol. The molecule has 1 amide bonds. The minimum atomic E-state index is 0. The number of halogens is 2. The van der Waals surface area contributed by atoms with Gasteiger partial charge in [-0.25, -0.2) is 4.98 Å². The van der Waals surface area contributed by atoms with Crippen LogP contribution in [0.15, 0.2) is 6.20 Å². The topological polar surface area (TPSA) is 48.5 Å². The summed E-state index contributed by atoms with van der Waals surface area (Å²) in [5.74, 6) is 0.967. The van der Waals surface area contributed by atoms with Gasteiger partial charge in [-0.3, -0.25) is 4.79 Å². The molecule has 4 heterocycles. The van der Waals surface area contributed by atoms with Crippen molar-refractivity contribution in [3.63, 3.8) is 0 Å². The Kier molecular flexibility index (Phi) is 8.01. The highest BCUT2D eigenvalue weighted by molar-refractivity contribution is 7.15. The van der Waals surface area contributed by atoms with Gasteiger partial charge in [-0.05, 0) is 38.0 Å². The summed E-state index contributed by atoms with van der Waals surface area (Å²) in [7, 11) is 0. The van der Waals surface area contributed by atoms with Gasteiger partial charge >= 0.3 is 0 Å². The van der Waals surface area contributed by atoms with Crippen LogP contribution in [-0.4, -0.2) is 54.1 Å². The molecular formula is C18H30Cl2N4OS. The smallest absolute Gasteiger partial charge is 0.222 e.